The van der Waals surface area contributed by atoms with Gasteiger partial charge in [0.2, 0.25) is 0 Å². The van der Waals surface area contributed by atoms with Crippen molar-refractivity contribution in [2.75, 3.05) is 0 Å². The Bertz CT molecular complexity index is 1120. The van der Waals surface area contributed by atoms with Gasteiger partial charge in [-0.3, -0.25) is 10.1 Å². The smallest absolute Gasteiger partial charge is 0.181 e. The van der Waals surface area contributed by atoms with Crippen LogP contribution in [-0.4, -0.2) is 35.1 Å². The van der Waals surface area contributed by atoms with Crippen LogP contribution >= 0.6 is 0 Å². The minimum Gasteiger partial charge on any atom is -0.507 e. The number of aromatic nitrogens is 6. The van der Waals surface area contributed by atoms with E-state index in [0.29, 0.717) is 23.0 Å². The Hall–Kier alpha value is -3.48. The zero-order valence-corrected chi connectivity index (χ0v) is 14.8. The van der Waals surface area contributed by atoms with Gasteiger partial charge in [-0.05, 0) is 49.6 Å². The average molecular weight is 358 g/mol. The molecule has 0 saturated heterocycles. The molecule has 0 atom stereocenters. The molecule has 134 valence electrons. The SMILES string of the molecule is Cc1cnccc1-n1nc(C2CC2)nc1-c1cc(-c2ccccc2O)n[nH]1. The summed E-state index contributed by atoms with van der Waals surface area (Å²) in [5.41, 5.74) is 4.05. The van der Waals surface area contributed by atoms with Crippen molar-refractivity contribution < 1.29 is 5.11 Å². The molecule has 1 aliphatic rings. The number of H-pyrrole nitrogens is 1. The number of hydrogen-bond acceptors (Lipinski definition) is 5. The fourth-order valence-electron chi connectivity index (χ4n) is 3.15. The molecule has 1 saturated carbocycles. The first kappa shape index (κ1) is 15.7. The van der Waals surface area contributed by atoms with Crippen molar-refractivity contribution in [1.29, 1.82) is 0 Å². The predicted octanol–water partition coefficient (Wildman–Crippen LogP) is 3.61. The number of phenols is 1. The fourth-order valence-corrected chi connectivity index (χ4v) is 3.15. The van der Waals surface area contributed by atoms with Gasteiger partial charge in [-0.2, -0.15) is 10.2 Å². The normalized spacial score (nSPS) is 13.8. The summed E-state index contributed by atoms with van der Waals surface area (Å²) in [6.45, 7) is 2.00. The van der Waals surface area contributed by atoms with Crippen LogP contribution in [0.1, 0.15) is 30.1 Å². The number of para-hydroxylation sites is 1. The third-order valence-corrected chi connectivity index (χ3v) is 4.78. The highest BCUT2D eigenvalue weighted by atomic mass is 16.3. The van der Waals surface area contributed by atoms with Crippen LogP contribution in [0, 0.1) is 6.92 Å². The molecule has 1 aliphatic carbocycles. The highest BCUT2D eigenvalue weighted by Crippen LogP contribution is 2.39. The first-order valence-electron chi connectivity index (χ1n) is 8.93. The number of hydrogen-bond donors (Lipinski definition) is 2. The van der Waals surface area contributed by atoms with Crippen LogP contribution in [0.3, 0.4) is 0 Å². The predicted molar refractivity (Wildman–Crippen MR) is 101 cm³/mol. The van der Waals surface area contributed by atoms with Gasteiger partial charge < -0.3 is 5.11 Å². The van der Waals surface area contributed by atoms with Gasteiger partial charge in [0.15, 0.2) is 11.6 Å². The molecule has 0 aliphatic heterocycles. The molecule has 0 spiro atoms. The number of pyridine rings is 1. The van der Waals surface area contributed by atoms with Gasteiger partial charge in [-0.15, -0.1) is 0 Å². The summed E-state index contributed by atoms with van der Waals surface area (Å²) < 4.78 is 1.85. The van der Waals surface area contributed by atoms with Crippen molar-refractivity contribution in [3.8, 4) is 34.2 Å². The average Bonchev–Trinajstić information content (AvgIpc) is 3.25. The lowest BCUT2D eigenvalue weighted by atomic mass is 10.1. The Morgan fingerprint density at radius 2 is 2.04 bits per heavy atom. The molecule has 1 fully saturated rings. The van der Waals surface area contributed by atoms with Crippen molar-refractivity contribution in [1.82, 2.24) is 29.9 Å². The van der Waals surface area contributed by atoms with E-state index in [4.69, 9.17) is 10.1 Å². The lowest BCUT2D eigenvalue weighted by molar-refractivity contribution is 0.477. The molecule has 0 amide bonds. The van der Waals surface area contributed by atoms with Gasteiger partial charge in [0, 0.05) is 23.9 Å². The summed E-state index contributed by atoms with van der Waals surface area (Å²) in [5, 5.41) is 22.3. The van der Waals surface area contributed by atoms with Crippen LogP contribution < -0.4 is 0 Å². The van der Waals surface area contributed by atoms with E-state index in [9.17, 15) is 5.11 Å². The van der Waals surface area contributed by atoms with Crippen LogP contribution in [0.2, 0.25) is 0 Å². The van der Waals surface area contributed by atoms with Crippen LogP contribution in [0.5, 0.6) is 5.75 Å². The second-order valence-corrected chi connectivity index (χ2v) is 6.83. The minimum atomic E-state index is 0.195. The zero-order chi connectivity index (χ0) is 18.4. The van der Waals surface area contributed by atoms with E-state index >= 15 is 0 Å². The highest BCUT2D eigenvalue weighted by Gasteiger charge is 2.30. The van der Waals surface area contributed by atoms with Gasteiger partial charge in [0.1, 0.15) is 11.4 Å². The Morgan fingerprint density at radius 3 is 2.81 bits per heavy atom. The molecule has 27 heavy (non-hydrogen) atoms. The van der Waals surface area contributed by atoms with E-state index < -0.39 is 0 Å². The standard InChI is InChI=1S/C20H18N6O/c1-12-11-21-9-8-17(12)26-20(22-19(25-26)13-6-7-13)16-10-15(23-24-16)14-4-2-3-5-18(14)27/h2-5,8-11,13,27H,6-7H2,1H3,(H,23,24). The molecule has 3 heterocycles. The van der Waals surface area contributed by atoms with E-state index in [2.05, 4.69) is 15.2 Å². The molecule has 1 aromatic carbocycles. The van der Waals surface area contributed by atoms with Crippen molar-refractivity contribution in [2.24, 2.45) is 0 Å². The van der Waals surface area contributed by atoms with Gasteiger partial charge in [-0.1, -0.05) is 12.1 Å². The van der Waals surface area contributed by atoms with Crippen LogP contribution in [0.25, 0.3) is 28.5 Å². The number of aryl methyl sites for hydroxylation is 1. The fraction of sp³-hybridized carbons (Fsp3) is 0.200. The van der Waals surface area contributed by atoms with Gasteiger partial charge in [0.05, 0.1) is 11.4 Å². The van der Waals surface area contributed by atoms with Crippen molar-refractivity contribution in [2.45, 2.75) is 25.7 Å². The van der Waals surface area contributed by atoms with E-state index in [0.717, 1.165) is 35.6 Å². The summed E-state index contributed by atoms with van der Waals surface area (Å²) >= 11 is 0. The number of benzene rings is 1. The Morgan fingerprint density at radius 1 is 1.19 bits per heavy atom. The Kier molecular flexibility index (Phi) is 3.53. The summed E-state index contributed by atoms with van der Waals surface area (Å²) in [6.07, 6.45) is 5.83. The maximum atomic E-state index is 10.1. The maximum absolute atomic E-state index is 10.1. The first-order valence-corrected chi connectivity index (χ1v) is 8.93. The Labute approximate surface area is 155 Å². The summed E-state index contributed by atoms with van der Waals surface area (Å²) in [7, 11) is 0. The number of phenolic OH excluding ortho intramolecular Hbond substituents is 1. The van der Waals surface area contributed by atoms with Gasteiger partial charge >= 0.3 is 0 Å². The number of aromatic hydroxyl groups is 1. The molecule has 3 aromatic heterocycles. The van der Waals surface area contributed by atoms with Crippen molar-refractivity contribution in [3.63, 3.8) is 0 Å². The maximum Gasteiger partial charge on any atom is 0.181 e. The quantitative estimate of drug-likeness (QED) is 0.581. The van der Waals surface area contributed by atoms with E-state index in [1.807, 2.05) is 42.1 Å². The second kappa shape index (κ2) is 6.05. The highest BCUT2D eigenvalue weighted by molar-refractivity contribution is 5.70. The van der Waals surface area contributed by atoms with E-state index in [1.165, 1.54) is 0 Å². The lowest BCUT2D eigenvalue weighted by Gasteiger charge is -2.06. The summed E-state index contributed by atoms with van der Waals surface area (Å²) in [5.74, 6) is 2.20. The summed E-state index contributed by atoms with van der Waals surface area (Å²) in [4.78, 5) is 8.96. The molecule has 4 aromatic rings. The van der Waals surface area contributed by atoms with E-state index in [1.54, 1.807) is 18.3 Å². The third kappa shape index (κ3) is 2.77. The molecule has 7 heteroatoms. The monoisotopic (exact) mass is 358 g/mol. The lowest BCUT2D eigenvalue weighted by Crippen LogP contribution is -2.02. The number of aromatic amines is 1. The van der Waals surface area contributed by atoms with Gasteiger partial charge in [-0.25, -0.2) is 9.67 Å². The first-order chi connectivity index (χ1) is 13.2. The molecular formula is C20H18N6O. The topological polar surface area (TPSA) is 92.5 Å². The van der Waals surface area contributed by atoms with Crippen LogP contribution in [-0.2, 0) is 0 Å². The largest absolute Gasteiger partial charge is 0.507 e. The molecule has 0 unspecified atom stereocenters. The van der Waals surface area contributed by atoms with E-state index in [-0.39, 0.29) is 5.75 Å². The molecule has 0 bridgehead atoms. The molecular weight excluding hydrogens is 340 g/mol. The molecule has 5 rings (SSSR count). The molecule has 2 N–H and O–H groups in total. The summed E-state index contributed by atoms with van der Waals surface area (Å²) in [6, 6.07) is 11.0. The third-order valence-electron chi connectivity index (χ3n) is 4.78. The number of nitrogens with zero attached hydrogens (tertiary/aromatic N) is 5. The number of rotatable bonds is 4. The second-order valence-electron chi connectivity index (χ2n) is 6.83. The van der Waals surface area contributed by atoms with Gasteiger partial charge in [0.25, 0.3) is 0 Å². The van der Waals surface area contributed by atoms with Crippen molar-refractivity contribution in [3.05, 3.63) is 60.2 Å². The minimum absolute atomic E-state index is 0.195. The van der Waals surface area contributed by atoms with Crippen molar-refractivity contribution >= 4 is 0 Å². The molecule has 0 radical (unpaired) electrons. The molecule has 7 nitrogen and oxygen atoms in total. The van der Waals surface area contributed by atoms with Crippen LogP contribution in [0.4, 0.5) is 0 Å². The Balaban J connectivity index is 1.63. The number of nitrogens with one attached hydrogen (secondary N) is 1. The van der Waals surface area contributed by atoms with Crippen LogP contribution in [0.15, 0.2) is 48.8 Å². The zero-order valence-electron chi connectivity index (χ0n) is 14.8.